The quantitative estimate of drug-likeness (QED) is 0.650. The molecule has 9 nitrogen and oxygen atoms in total. The molecular weight excluding hydrogens is 376 g/mol. The van der Waals surface area contributed by atoms with Crippen molar-refractivity contribution in [3.8, 4) is 0 Å². The molecule has 1 amide bonds. The highest BCUT2D eigenvalue weighted by molar-refractivity contribution is 7.92. The highest BCUT2D eigenvalue weighted by atomic mass is 32.2. The van der Waals surface area contributed by atoms with Gasteiger partial charge in [-0.25, -0.2) is 13.2 Å². The Balaban J connectivity index is 2.48. The topological polar surface area (TPSA) is 141 Å². The van der Waals surface area contributed by atoms with Crippen LogP contribution in [0.2, 0.25) is 0 Å². The summed E-state index contributed by atoms with van der Waals surface area (Å²) in [6.07, 6.45) is 0. The third-order valence-electron chi connectivity index (χ3n) is 3.42. The summed E-state index contributed by atoms with van der Waals surface area (Å²) in [6.45, 7) is 0.410. The number of hydrogen-bond acceptors (Lipinski definition) is 5. The van der Waals surface area contributed by atoms with Crippen molar-refractivity contribution >= 4 is 39.2 Å². The van der Waals surface area contributed by atoms with Crippen molar-refractivity contribution in [1.29, 1.82) is 0 Å². The van der Waals surface area contributed by atoms with E-state index < -0.39 is 28.5 Å². The Labute approximate surface area is 154 Å². The molecule has 0 aromatic heterocycles. The number of nitrogens with one attached hydrogen (secondary N) is 1. The second-order valence-electron chi connectivity index (χ2n) is 5.47. The number of carbonyl (C=O) groups excluding carboxylic acids is 1. The van der Waals surface area contributed by atoms with E-state index in [1.807, 2.05) is 0 Å². The lowest BCUT2D eigenvalue weighted by molar-refractivity contribution is -0.135. The minimum Gasteiger partial charge on any atom is -0.480 e. The van der Waals surface area contributed by atoms with E-state index in [0.717, 1.165) is 6.07 Å². The molecule has 0 spiro atoms. The summed E-state index contributed by atoms with van der Waals surface area (Å²) in [5, 5.41) is 20.7. The predicted molar refractivity (Wildman–Crippen MR) is 96.3 cm³/mol. The molecule has 0 saturated heterocycles. The Hall–Kier alpha value is -3.40. The number of carbonyl (C=O) groups is 3. The van der Waals surface area contributed by atoms with Crippen molar-refractivity contribution in [2.75, 3.05) is 16.2 Å². The number of sulfonamides is 1. The number of nitrogens with zero attached hydrogens (tertiary/aromatic N) is 1. The van der Waals surface area contributed by atoms with Gasteiger partial charge in [-0.05, 0) is 42.5 Å². The Morgan fingerprint density at radius 2 is 1.67 bits per heavy atom. The zero-order valence-corrected chi connectivity index (χ0v) is 14.9. The number of hydrogen-bond donors (Lipinski definition) is 3. The number of rotatable bonds is 7. The van der Waals surface area contributed by atoms with Gasteiger partial charge in [-0.2, -0.15) is 0 Å². The first-order valence-electron chi connectivity index (χ1n) is 7.57. The lowest BCUT2D eigenvalue weighted by atomic mass is 10.2. The average molecular weight is 392 g/mol. The molecule has 0 aliphatic heterocycles. The second-order valence-corrected chi connectivity index (χ2v) is 7.33. The van der Waals surface area contributed by atoms with Crippen LogP contribution in [0.5, 0.6) is 0 Å². The maximum Gasteiger partial charge on any atom is 0.335 e. The molecule has 3 N–H and O–H groups in total. The molecule has 2 aromatic rings. The van der Waals surface area contributed by atoms with Crippen LogP contribution in [-0.2, 0) is 19.6 Å². The van der Waals surface area contributed by atoms with Crippen LogP contribution < -0.4 is 9.62 Å². The van der Waals surface area contributed by atoms with Crippen LogP contribution in [0.3, 0.4) is 0 Å². The molecule has 0 fully saturated rings. The van der Waals surface area contributed by atoms with Crippen LogP contribution in [0.4, 0.5) is 11.4 Å². The van der Waals surface area contributed by atoms with Crippen molar-refractivity contribution in [2.45, 2.75) is 11.8 Å². The van der Waals surface area contributed by atoms with Gasteiger partial charge in [0.25, 0.3) is 10.0 Å². The molecule has 0 radical (unpaired) electrons. The summed E-state index contributed by atoms with van der Waals surface area (Å²) >= 11 is 0. The van der Waals surface area contributed by atoms with Gasteiger partial charge in [0.15, 0.2) is 0 Å². The van der Waals surface area contributed by atoms with Gasteiger partial charge in [0, 0.05) is 12.6 Å². The normalized spacial score (nSPS) is 10.9. The van der Waals surface area contributed by atoms with Gasteiger partial charge >= 0.3 is 11.9 Å². The van der Waals surface area contributed by atoms with E-state index in [4.69, 9.17) is 10.2 Å². The number of aliphatic carboxylic acids is 1. The molecule has 0 bridgehead atoms. The summed E-state index contributed by atoms with van der Waals surface area (Å²) in [7, 11) is -4.29. The molecule has 10 heteroatoms. The minimum absolute atomic E-state index is 0.0942. The van der Waals surface area contributed by atoms with Gasteiger partial charge in [-0.1, -0.05) is 6.07 Å². The Kier molecular flexibility index (Phi) is 5.81. The van der Waals surface area contributed by atoms with E-state index in [-0.39, 0.29) is 22.1 Å². The number of carboxylic acids is 2. The fraction of sp³-hybridized carbons (Fsp3) is 0.118. The molecular formula is C17H16N2O7S. The molecule has 27 heavy (non-hydrogen) atoms. The van der Waals surface area contributed by atoms with Crippen LogP contribution in [0.15, 0.2) is 53.4 Å². The highest BCUT2D eigenvalue weighted by Gasteiger charge is 2.27. The van der Waals surface area contributed by atoms with Crippen molar-refractivity contribution in [3.05, 3.63) is 54.1 Å². The number of aromatic carboxylic acids is 1. The molecule has 2 rings (SSSR count). The van der Waals surface area contributed by atoms with Gasteiger partial charge in [-0.15, -0.1) is 0 Å². The largest absolute Gasteiger partial charge is 0.480 e. The monoisotopic (exact) mass is 392 g/mol. The van der Waals surface area contributed by atoms with Crippen LogP contribution in [0.1, 0.15) is 17.3 Å². The molecule has 0 heterocycles. The molecule has 0 aliphatic rings. The van der Waals surface area contributed by atoms with E-state index >= 15 is 0 Å². The van der Waals surface area contributed by atoms with Gasteiger partial charge in [-0.3, -0.25) is 13.9 Å². The SMILES string of the molecule is CC(=O)Nc1ccc(S(=O)(=O)N(CC(=O)O)c2cccc(C(=O)O)c2)cc1. The van der Waals surface area contributed by atoms with Gasteiger partial charge in [0.2, 0.25) is 5.91 Å². The van der Waals surface area contributed by atoms with Crippen molar-refractivity contribution in [1.82, 2.24) is 0 Å². The average Bonchev–Trinajstić information content (AvgIpc) is 2.59. The summed E-state index contributed by atoms with van der Waals surface area (Å²) in [4.78, 5) is 33.1. The summed E-state index contributed by atoms with van der Waals surface area (Å²) in [5.74, 6) is -3.01. The maximum absolute atomic E-state index is 12.9. The van der Waals surface area contributed by atoms with Crippen molar-refractivity contribution in [2.24, 2.45) is 0 Å². The van der Waals surface area contributed by atoms with Gasteiger partial charge < -0.3 is 15.5 Å². The van der Waals surface area contributed by atoms with Crippen LogP contribution in [-0.4, -0.2) is 43.0 Å². The lowest BCUT2D eigenvalue weighted by Gasteiger charge is -2.23. The minimum atomic E-state index is -4.29. The van der Waals surface area contributed by atoms with E-state index in [2.05, 4.69) is 5.32 Å². The predicted octanol–water partition coefficient (Wildman–Crippen LogP) is 1.62. The summed E-state index contributed by atoms with van der Waals surface area (Å²) < 4.78 is 26.4. The standard InChI is InChI=1S/C17H16N2O7S/c1-11(20)18-13-5-7-15(8-6-13)27(25,26)19(10-16(21)22)14-4-2-3-12(9-14)17(23)24/h2-9H,10H2,1H3,(H,18,20)(H,21,22)(H,23,24). The van der Waals surface area contributed by atoms with Gasteiger partial charge in [0.1, 0.15) is 6.54 Å². The maximum atomic E-state index is 12.9. The number of anilines is 2. The van der Waals surface area contributed by atoms with E-state index in [0.29, 0.717) is 9.99 Å². The van der Waals surface area contributed by atoms with Crippen molar-refractivity contribution < 1.29 is 33.0 Å². The van der Waals surface area contributed by atoms with Crippen LogP contribution >= 0.6 is 0 Å². The second kappa shape index (κ2) is 7.87. The van der Waals surface area contributed by atoms with Crippen LogP contribution in [0, 0.1) is 0 Å². The summed E-state index contributed by atoms with van der Waals surface area (Å²) in [6, 6.07) is 10.1. The third kappa shape index (κ3) is 4.82. The summed E-state index contributed by atoms with van der Waals surface area (Å²) in [5.41, 5.74) is 0.0986. The first-order valence-corrected chi connectivity index (χ1v) is 9.01. The third-order valence-corrected chi connectivity index (χ3v) is 5.21. The Morgan fingerprint density at radius 3 is 2.19 bits per heavy atom. The molecule has 0 saturated carbocycles. The molecule has 142 valence electrons. The number of amides is 1. The zero-order valence-electron chi connectivity index (χ0n) is 14.1. The molecule has 2 aromatic carbocycles. The van der Waals surface area contributed by atoms with E-state index in [1.54, 1.807) is 0 Å². The fourth-order valence-corrected chi connectivity index (χ4v) is 3.68. The lowest BCUT2D eigenvalue weighted by Crippen LogP contribution is -2.35. The fourth-order valence-electron chi connectivity index (χ4n) is 2.27. The van der Waals surface area contributed by atoms with Gasteiger partial charge in [0.05, 0.1) is 16.1 Å². The molecule has 0 unspecified atom stereocenters. The molecule has 0 aliphatic carbocycles. The Morgan fingerprint density at radius 1 is 1.04 bits per heavy atom. The zero-order chi connectivity index (χ0) is 20.2. The number of benzene rings is 2. The highest BCUT2D eigenvalue weighted by Crippen LogP contribution is 2.25. The van der Waals surface area contributed by atoms with E-state index in [1.165, 1.54) is 49.4 Å². The Bertz CT molecular complexity index is 985. The first-order chi connectivity index (χ1) is 12.6. The number of carboxylic acid groups (broad SMARTS) is 2. The molecule has 0 atom stereocenters. The first kappa shape index (κ1) is 19.9. The smallest absolute Gasteiger partial charge is 0.335 e. The van der Waals surface area contributed by atoms with E-state index in [9.17, 15) is 22.8 Å². The van der Waals surface area contributed by atoms with Crippen LogP contribution in [0.25, 0.3) is 0 Å². The van der Waals surface area contributed by atoms with Crippen molar-refractivity contribution in [3.63, 3.8) is 0 Å².